The van der Waals surface area contributed by atoms with Crippen LogP contribution in [0.2, 0.25) is 0 Å². The second-order valence-corrected chi connectivity index (χ2v) is 21.8. The number of allylic oxidation sites excluding steroid dienone is 33. The molecule has 10 aliphatic rings. The first-order valence-corrected chi connectivity index (χ1v) is 27.0. The van der Waals surface area contributed by atoms with Gasteiger partial charge in [0.2, 0.25) is 0 Å². The van der Waals surface area contributed by atoms with Gasteiger partial charge in [-0.3, -0.25) is 0 Å². The normalized spacial score (nSPS) is 21.6. The molecule has 0 saturated heterocycles. The Bertz CT molecular complexity index is 4610. The third-order valence-electron chi connectivity index (χ3n) is 17.9. The molecular formula is C72H46N6. The molecule has 0 saturated carbocycles. The van der Waals surface area contributed by atoms with E-state index in [1.807, 2.05) is 0 Å². The van der Waals surface area contributed by atoms with Crippen LogP contribution < -0.4 is 0 Å². The predicted molar refractivity (Wildman–Crippen MR) is 313 cm³/mol. The highest BCUT2D eigenvalue weighted by atomic mass is 15.1. The second kappa shape index (κ2) is 16.4. The first-order valence-electron chi connectivity index (χ1n) is 27.0. The van der Waals surface area contributed by atoms with E-state index in [0.29, 0.717) is 11.5 Å². The first kappa shape index (κ1) is 43.5. The number of hydrogen-bond acceptors (Lipinski definition) is 6. The quantitative estimate of drug-likeness (QED) is 0.165. The topological polar surface area (TPSA) is 77.3 Å². The molecular weight excluding hydrogens is 949 g/mol. The predicted octanol–water partition coefficient (Wildman–Crippen LogP) is 15.6. The smallest absolute Gasteiger partial charge is 0.163 e. The van der Waals surface area contributed by atoms with E-state index in [4.69, 9.17) is 15.0 Å². The van der Waals surface area contributed by atoms with Crippen LogP contribution in [0.5, 0.6) is 0 Å². The molecule has 0 bridgehead atoms. The lowest BCUT2D eigenvalue weighted by Gasteiger charge is -2.40. The molecule has 0 spiro atoms. The number of hydrogen-bond donors (Lipinski definition) is 0. The fourth-order valence-corrected chi connectivity index (χ4v) is 14.7. The molecule has 7 aromatic rings. The highest BCUT2D eigenvalue weighted by Gasteiger charge is 2.47. The molecule has 2 aromatic heterocycles. The zero-order valence-electron chi connectivity index (χ0n) is 42.8. The van der Waals surface area contributed by atoms with Crippen molar-refractivity contribution >= 4 is 38.3 Å². The second-order valence-electron chi connectivity index (χ2n) is 21.8. The molecule has 0 amide bonds. The molecule has 2 heterocycles. The molecule has 0 radical (unpaired) electrons. The Morgan fingerprint density at radius 3 is 1.87 bits per heavy atom. The molecule has 3 unspecified atom stereocenters. The van der Waals surface area contributed by atoms with Gasteiger partial charge in [-0.1, -0.05) is 176 Å². The lowest BCUT2D eigenvalue weighted by molar-refractivity contribution is 0.563. The van der Waals surface area contributed by atoms with Gasteiger partial charge < -0.3 is 0 Å². The van der Waals surface area contributed by atoms with Gasteiger partial charge in [0.15, 0.2) is 5.82 Å². The monoisotopic (exact) mass is 994 g/mol. The third-order valence-corrected chi connectivity index (χ3v) is 17.9. The third kappa shape index (κ3) is 6.14. The molecule has 0 fully saturated rings. The van der Waals surface area contributed by atoms with Crippen molar-refractivity contribution in [3.05, 3.63) is 325 Å². The summed E-state index contributed by atoms with van der Waals surface area (Å²) in [6.45, 7) is 4.52. The standard InChI is InChI=1S/C72H46N6/c1-39-58(57-35-77-78-38-74-57)61(72-75-36-73-37-76-72)40(2)59-60(39)70-67(54-24-18-42-10-4-6-12-48(42)30-54)68(55-31-49-25-19-43-13-7-14-44-20-26-50(32-55)64(49)62(43)44)69(71(70)66(59)53-23-17-41-9-3-5-11-47(41)29-53)56-33-51-27-21-45-15-8-16-46-22-28-52(34-56)65(51)63(45)46/h3-15,17-38,62,64-65H,16H2,1-2H3. The van der Waals surface area contributed by atoms with Crippen LogP contribution in [0.4, 0.5) is 0 Å². The highest BCUT2D eigenvalue weighted by Crippen LogP contribution is 2.65. The zero-order valence-corrected chi connectivity index (χ0v) is 42.8. The Balaban J connectivity index is 1.06. The van der Waals surface area contributed by atoms with Gasteiger partial charge in [0.25, 0.3) is 0 Å². The molecule has 78 heavy (non-hydrogen) atoms. The summed E-state index contributed by atoms with van der Waals surface area (Å²) in [4.78, 5) is 19.0. The maximum absolute atomic E-state index is 4.96. The van der Waals surface area contributed by atoms with Gasteiger partial charge in [-0.15, -0.1) is 5.10 Å². The number of nitrogens with zero attached hydrogens (tertiary/aromatic N) is 6. The van der Waals surface area contributed by atoms with Crippen LogP contribution in [0.3, 0.4) is 0 Å². The lowest BCUT2D eigenvalue weighted by atomic mass is 9.63. The van der Waals surface area contributed by atoms with Gasteiger partial charge in [-0.25, -0.2) is 19.9 Å². The fraction of sp³-hybridized carbons (Fsp3) is 0.0833. The maximum Gasteiger partial charge on any atom is 0.163 e. The average Bonchev–Trinajstić information content (AvgIpc) is 4.06. The summed E-state index contributed by atoms with van der Waals surface area (Å²) in [7, 11) is 0. The summed E-state index contributed by atoms with van der Waals surface area (Å²) in [6, 6.07) is 31.6. The highest BCUT2D eigenvalue weighted by molar-refractivity contribution is 6.25. The average molecular weight is 995 g/mol. The van der Waals surface area contributed by atoms with E-state index in [1.54, 1.807) is 25.2 Å². The minimum atomic E-state index is 0.173. The summed E-state index contributed by atoms with van der Waals surface area (Å²) < 4.78 is 0. The number of benzene rings is 5. The Labute approximate surface area is 451 Å². The van der Waals surface area contributed by atoms with E-state index < -0.39 is 0 Å². The van der Waals surface area contributed by atoms with E-state index in [9.17, 15) is 0 Å². The summed E-state index contributed by atoms with van der Waals surface area (Å²) >= 11 is 0. The SMILES string of the molecule is Cc1c2c(c(C)c(-c3ncncn3)c1-c1cnncn1)C(c1ccc3ccccc3c1)=C1C(C3=CC4=CC=C5CC=CC6=C5C4C(=C3)C=C6)=C(C3=CC4=CC=C5C=CC=C6C=CC(=C3)C4C65)C(c3ccc4ccccc4c3)=C12. The van der Waals surface area contributed by atoms with Crippen molar-refractivity contribution in [2.24, 2.45) is 17.8 Å². The molecule has 10 aliphatic carbocycles. The van der Waals surface area contributed by atoms with Crippen LogP contribution >= 0.6 is 0 Å². The van der Waals surface area contributed by atoms with Crippen LogP contribution in [0, 0.1) is 31.6 Å². The lowest BCUT2D eigenvalue weighted by Crippen LogP contribution is -2.28. The van der Waals surface area contributed by atoms with Gasteiger partial charge in [-0.05, 0) is 182 Å². The largest absolute Gasteiger partial charge is 0.233 e. The molecule has 17 rings (SSSR count). The molecule has 0 N–H and O–H groups in total. The number of fused-ring (bicyclic) bond motifs is 5. The van der Waals surface area contributed by atoms with Crippen molar-refractivity contribution in [2.75, 3.05) is 0 Å². The minimum Gasteiger partial charge on any atom is -0.233 e. The molecule has 0 aliphatic heterocycles. The number of aromatic nitrogens is 6. The summed E-state index contributed by atoms with van der Waals surface area (Å²) in [5.74, 6) is 1.28. The fourth-order valence-electron chi connectivity index (χ4n) is 14.7. The Hall–Kier alpha value is -9.78. The van der Waals surface area contributed by atoms with Crippen molar-refractivity contribution in [2.45, 2.75) is 20.3 Å². The van der Waals surface area contributed by atoms with Gasteiger partial charge in [0.1, 0.15) is 19.0 Å². The van der Waals surface area contributed by atoms with Crippen molar-refractivity contribution < 1.29 is 0 Å². The van der Waals surface area contributed by atoms with Crippen LogP contribution in [-0.2, 0) is 0 Å². The molecule has 6 heteroatoms. The summed E-state index contributed by atoms with van der Waals surface area (Å²) in [5.41, 5.74) is 31.3. The van der Waals surface area contributed by atoms with Crippen molar-refractivity contribution in [3.8, 4) is 22.6 Å². The van der Waals surface area contributed by atoms with Crippen LogP contribution in [0.25, 0.3) is 60.9 Å². The molecule has 3 atom stereocenters. The van der Waals surface area contributed by atoms with Crippen molar-refractivity contribution in [1.82, 2.24) is 30.1 Å². The summed E-state index contributed by atoms with van der Waals surface area (Å²) in [5, 5.41) is 13.4. The molecule has 6 nitrogen and oxygen atoms in total. The van der Waals surface area contributed by atoms with Crippen LogP contribution in [0.15, 0.2) is 291 Å². The Morgan fingerprint density at radius 1 is 0.449 bits per heavy atom. The van der Waals surface area contributed by atoms with Crippen LogP contribution in [-0.4, -0.2) is 30.1 Å². The maximum atomic E-state index is 4.96. The number of rotatable bonds is 6. The minimum absolute atomic E-state index is 0.173. The van der Waals surface area contributed by atoms with Gasteiger partial charge in [0, 0.05) is 28.9 Å². The Morgan fingerprint density at radius 2 is 1.09 bits per heavy atom. The van der Waals surface area contributed by atoms with Gasteiger partial charge in [-0.2, -0.15) is 5.10 Å². The van der Waals surface area contributed by atoms with Crippen molar-refractivity contribution in [3.63, 3.8) is 0 Å². The van der Waals surface area contributed by atoms with Crippen molar-refractivity contribution in [1.29, 1.82) is 0 Å². The van der Waals surface area contributed by atoms with Gasteiger partial charge >= 0.3 is 0 Å². The molecule has 5 aromatic carbocycles. The van der Waals surface area contributed by atoms with E-state index in [0.717, 1.165) is 39.8 Å². The van der Waals surface area contributed by atoms with E-state index in [-0.39, 0.29) is 17.8 Å². The molecule has 364 valence electrons. The first-order chi connectivity index (χ1) is 38.5. The van der Waals surface area contributed by atoms with E-state index in [1.165, 1.54) is 127 Å². The Kier molecular flexibility index (Phi) is 9.12. The summed E-state index contributed by atoms with van der Waals surface area (Å²) in [6.07, 6.45) is 48.0. The van der Waals surface area contributed by atoms with Crippen LogP contribution in [0.1, 0.15) is 39.8 Å². The van der Waals surface area contributed by atoms with E-state index >= 15 is 0 Å². The zero-order chi connectivity index (χ0) is 51.3. The van der Waals surface area contributed by atoms with E-state index in [2.05, 4.69) is 217 Å². The van der Waals surface area contributed by atoms with Gasteiger partial charge in [0.05, 0.1) is 11.9 Å².